The van der Waals surface area contributed by atoms with Crippen molar-refractivity contribution in [3.05, 3.63) is 29.8 Å². The Morgan fingerprint density at radius 1 is 0.971 bits per heavy atom. The van der Waals surface area contributed by atoms with E-state index in [2.05, 4.69) is 28.6 Å². The first-order chi connectivity index (χ1) is 16.5. The number of benzene rings is 1. The Morgan fingerprint density at radius 3 is 2.03 bits per heavy atom. The van der Waals surface area contributed by atoms with Crippen LogP contribution in [-0.2, 0) is 30.4 Å². The van der Waals surface area contributed by atoms with Crippen LogP contribution in [0, 0.1) is 0 Å². The highest BCUT2D eigenvalue weighted by Crippen LogP contribution is 2.12. The van der Waals surface area contributed by atoms with Crippen molar-refractivity contribution in [3.63, 3.8) is 0 Å². The third-order valence-corrected chi connectivity index (χ3v) is 5.82. The van der Waals surface area contributed by atoms with Gasteiger partial charge in [-0.2, -0.15) is 24.4 Å². The average Bonchev–Trinajstić information content (AvgIpc) is 2.80. The molecule has 0 aliphatic rings. The number of hydrogen-bond acceptors (Lipinski definition) is 9. The number of nitrogens with two attached hydrogens (primary N) is 2. The SMILES string of the molecule is CSCCC(N)C(=O)NC(CS)C(=O)NC(CC(N)=O)C(=O)NC(Cc1ccc(O)cc1)C(=O)O. The lowest BCUT2D eigenvalue weighted by Crippen LogP contribution is -2.58. The van der Waals surface area contributed by atoms with Crippen LogP contribution < -0.4 is 27.4 Å². The molecule has 0 aliphatic heterocycles. The van der Waals surface area contributed by atoms with Gasteiger partial charge in [-0.25, -0.2) is 4.79 Å². The highest BCUT2D eigenvalue weighted by atomic mass is 32.2. The molecule has 0 spiro atoms. The lowest BCUT2D eigenvalue weighted by molar-refractivity contribution is -0.142. The molecule has 14 heteroatoms. The van der Waals surface area contributed by atoms with Crippen LogP contribution in [0.15, 0.2) is 24.3 Å². The monoisotopic (exact) mass is 529 g/mol. The number of primary amides is 1. The van der Waals surface area contributed by atoms with Crippen LogP contribution >= 0.6 is 24.4 Å². The Bertz CT molecular complexity index is 901. The number of amides is 4. The van der Waals surface area contributed by atoms with Gasteiger partial charge in [0.05, 0.1) is 12.5 Å². The molecule has 0 saturated heterocycles. The molecule has 12 nitrogen and oxygen atoms in total. The van der Waals surface area contributed by atoms with E-state index < -0.39 is 60.2 Å². The first kappa shape index (κ1) is 30.1. The summed E-state index contributed by atoms with van der Waals surface area (Å²) in [7, 11) is 0. The maximum absolute atomic E-state index is 12.8. The number of rotatable bonds is 15. The molecule has 0 aliphatic carbocycles. The predicted molar refractivity (Wildman–Crippen MR) is 134 cm³/mol. The fraction of sp³-hybridized carbons (Fsp3) is 0.476. The maximum Gasteiger partial charge on any atom is 0.326 e. The lowest BCUT2D eigenvalue weighted by Gasteiger charge is -2.24. The van der Waals surface area contributed by atoms with Gasteiger partial charge in [0, 0.05) is 12.2 Å². The van der Waals surface area contributed by atoms with Gasteiger partial charge in [-0.05, 0) is 36.1 Å². The van der Waals surface area contributed by atoms with Gasteiger partial charge in [0.25, 0.3) is 0 Å². The van der Waals surface area contributed by atoms with Crippen LogP contribution in [0.4, 0.5) is 0 Å². The zero-order valence-corrected chi connectivity index (χ0v) is 20.8. The molecule has 0 fully saturated rings. The second-order valence-corrected chi connectivity index (χ2v) is 8.98. The molecule has 4 amide bonds. The maximum atomic E-state index is 12.8. The topological polar surface area (TPSA) is 214 Å². The Hall–Kier alpha value is -2.97. The van der Waals surface area contributed by atoms with Crippen molar-refractivity contribution in [3.8, 4) is 5.75 Å². The molecule has 35 heavy (non-hydrogen) atoms. The zero-order valence-electron chi connectivity index (χ0n) is 19.1. The average molecular weight is 530 g/mol. The number of phenolic OH excluding ortho intramolecular Hbond substituents is 1. The standard InChI is InChI=1S/C21H31N5O7S2/c1-35-7-6-13(22)18(29)26-16(10-34)20(31)24-14(9-17(23)28)19(30)25-15(21(32)33)8-11-2-4-12(27)5-3-11/h2-5,13-16,27,34H,6-10,22H2,1H3,(H2,23,28)(H,24,31)(H,25,30)(H,26,29)(H,32,33). The number of aliphatic carboxylic acids is 1. The van der Waals surface area contributed by atoms with Gasteiger partial charge in [-0.1, -0.05) is 12.1 Å². The number of thioether (sulfide) groups is 1. The molecule has 194 valence electrons. The van der Waals surface area contributed by atoms with Crippen molar-refractivity contribution in [1.29, 1.82) is 0 Å². The smallest absolute Gasteiger partial charge is 0.326 e. The van der Waals surface area contributed by atoms with E-state index in [-0.39, 0.29) is 17.9 Å². The van der Waals surface area contributed by atoms with Crippen LogP contribution in [0.5, 0.6) is 5.75 Å². The lowest BCUT2D eigenvalue weighted by atomic mass is 10.0. The van der Waals surface area contributed by atoms with Crippen molar-refractivity contribution in [2.24, 2.45) is 11.5 Å². The molecule has 0 saturated carbocycles. The number of nitrogens with one attached hydrogen (secondary N) is 3. The summed E-state index contributed by atoms with van der Waals surface area (Å²) in [5, 5.41) is 25.9. The van der Waals surface area contributed by atoms with E-state index in [1.807, 2.05) is 6.26 Å². The van der Waals surface area contributed by atoms with Crippen LogP contribution in [-0.4, -0.2) is 81.7 Å². The molecular weight excluding hydrogens is 498 g/mol. The molecule has 9 N–H and O–H groups in total. The van der Waals surface area contributed by atoms with E-state index in [9.17, 15) is 34.2 Å². The minimum Gasteiger partial charge on any atom is -0.508 e. The summed E-state index contributed by atoms with van der Waals surface area (Å²) < 4.78 is 0. The van der Waals surface area contributed by atoms with Gasteiger partial charge in [-0.3, -0.25) is 19.2 Å². The minimum atomic E-state index is -1.49. The molecule has 4 atom stereocenters. The Labute approximate surface area is 212 Å². The molecule has 1 aromatic carbocycles. The van der Waals surface area contributed by atoms with E-state index >= 15 is 0 Å². The molecule has 0 bridgehead atoms. The van der Waals surface area contributed by atoms with E-state index in [0.29, 0.717) is 17.7 Å². The van der Waals surface area contributed by atoms with Gasteiger partial charge in [0.1, 0.15) is 23.9 Å². The van der Waals surface area contributed by atoms with E-state index in [1.165, 1.54) is 36.0 Å². The summed E-state index contributed by atoms with van der Waals surface area (Å²) in [6.07, 6.45) is 1.52. The van der Waals surface area contributed by atoms with Gasteiger partial charge in [-0.15, -0.1) is 0 Å². The van der Waals surface area contributed by atoms with E-state index in [4.69, 9.17) is 11.5 Å². The number of carboxylic acids is 1. The third kappa shape index (κ3) is 10.9. The first-order valence-corrected chi connectivity index (χ1v) is 12.6. The zero-order chi connectivity index (χ0) is 26.5. The molecular formula is C21H31N5O7S2. The Morgan fingerprint density at radius 2 is 1.51 bits per heavy atom. The van der Waals surface area contributed by atoms with Crippen molar-refractivity contribution >= 4 is 54.0 Å². The quantitative estimate of drug-likeness (QED) is 0.122. The number of carbonyl (C=O) groups is 5. The van der Waals surface area contributed by atoms with Gasteiger partial charge in [0.2, 0.25) is 23.6 Å². The predicted octanol–water partition coefficient (Wildman–Crippen LogP) is -1.64. The summed E-state index contributed by atoms with van der Waals surface area (Å²) in [6.45, 7) is 0. The van der Waals surface area contributed by atoms with Gasteiger partial charge >= 0.3 is 5.97 Å². The molecule has 0 aromatic heterocycles. The summed E-state index contributed by atoms with van der Waals surface area (Å²) in [4.78, 5) is 60.9. The van der Waals surface area contributed by atoms with Gasteiger partial charge in [0.15, 0.2) is 0 Å². The van der Waals surface area contributed by atoms with Crippen molar-refractivity contribution in [2.45, 2.75) is 43.4 Å². The second-order valence-electron chi connectivity index (χ2n) is 7.63. The Balaban J connectivity index is 2.90. The van der Waals surface area contributed by atoms with Crippen LogP contribution in [0.25, 0.3) is 0 Å². The molecule has 0 radical (unpaired) electrons. The molecule has 1 rings (SSSR count). The van der Waals surface area contributed by atoms with E-state index in [0.717, 1.165) is 0 Å². The molecule has 1 aromatic rings. The highest BCUT2D eigenvalue weighted by Gasteiger charge is 2.31. The number of carbonyl (C=O) groups excluding carboxylic acids is 4. The number of carboxylic acid groups (broad SMARTS) is 1. The minimum absolute atomic E-state index is 0.00932. The third-order valence-electron chi connectivity index (χ3n) is 4.81. The summed E-state index contributed by atoms with van der Waals surface area (Å²) >= 11 is 5.56. The summed E-state index contributed by atoms with van der Waals surface area (Å²) in [6, 6.07) is 0.810. The van der Waals surface area contributed by atoms with Crippen molar-refractivity contribution < 1.29 is 34.2 Å². The number of thiol groups is 1. The highest BCUT2D eigenvalue weighted by molar-refractivity contribution is 7.98. The van der Waals surface area contributed by atoms with E-state index in [1.54, 1.807) is 0 Å². The van der Waals surface area contributed by atoms with Crippen molar-refractivity contribution in [1.82, 2.24) is 16.0 Å². The molecule has 0 heterocycles. The van der Waals surface area contributed by atoms with Crippen LogP contribution in [0.2, 0.25) is 0 Å². The van der Waals surface area contributed by atoms with Crippen LogP contribution in [0.3, 0.4) is 0 Å². The summed E-state index contributed by atoms with van der Waals surface area (Å²) in [5.41, 5.74) is 11.5. The van der Waals surface area contributed by atoms with Gasteiger partial charge < -0.3 is 37.6 Å². The fourth-order valence-corrected chi connectivity index (χ4v) is 3.62. The summed E-state index contributed by atoms with van der Waals surface area (Å²) in [5.74, 6) is -4.12. The van der Waals surface area contributed by atoms with Crippen LogP contribution in [0.1, 0.15) is 18.4 Å². The normalized spacial score (nSPS) is 14.1. The number of hydrogen-bond donors (Lipinski definition) is 8. The first-order valence-electron chi connectivity index (χ1n) is 10.5. The largest absolute Gasteiger partial charge is 0.508 e. The number of phenols is 1. The van der Waals surface area contributed by atoms with Crippen molar-refractivity contribution in [2.75, 3.05) is 17.8 Å². The number of aromatic hydroxyl groups is 1. The fourth-order valence-electron chi connectivity index (χ4n) is 2.87. The molecule has 4 unspecified atom stereocenters. The Kier molecular flexibility index (Phi) is 13.0. The second kappa shape index (κ2) is 15.1.